The van der Waals surface area contributed by atoms with Crippen LogP contribution >= 0.6 is 0 Å². The van der Waals surface area contributed by atoms with Gasteiger partial charge in [-0.3, -0.25) is 14.4 Å². The molecule has 6 heteroatoms. The normalized spacial score (nSPS) is 23.1. The van der Waals surface area contributed by atoms with Crippen LogP contribution in [0.15, 0.2) is 18.5 Å². The van der Waals surface area contributed by atoms with Gasteiger partial charge in [-0.05, 0) is 19.0 Å². The van der Waals surface area contributed by atoms with Crippen LogP contribution in [0.3, 0.4) is 0 Å². The summed E-state index contributed by atoms with van der Waals surface area (Å²) in [6.07, 6.45) is 4.68. The second-order valence-electron chi connectivity index (χ2n) is 4.85. The van der Waals surface area contributed by atoms with Crippen molar-refractivity contribution < 1.29 is 14.6 Å². The molecule has 1 aromatic heterocycles. The van der Waals surface area contributed by atoms with E-state index in [4.69, 9.17) is 4.74 Å². The third-order valence-corrected chi connectivity index (χ3v) is 3.52. The van der Waals surface area contributed by atoms with E-state index in [1.165, 1.54) is 0 Å². The summed E-state index contributed by atoms with van der Waals surface area (Å²) in [6.45, 7) is 5.40. The van der Waals surface area contributed by atoms with Gasteiger partial charge in [-0.15, -0.1) is 0 Å². The minimum atomic E-state index is -0.761. The highest BCUT2D eigenvalue weighted by atomic mass is 16.5. The van der Waals surface area contributed by atoms with Crippen molar-refractivity contribution in [3.8, 4) is 0 Å². The molecule has 1 aromatic rings. The zero-order chi connectivity index (χ0) is 13.7. The SMILES string of the molecule is CCCN(CCn1cccn1)C1COCC1C(=O)O. The average Bonchev–Trinajstić information content (AvgIpc) is 3.05. The number of aliphatic carboxylic acids is 1. The van der Waals surface area contributed by atoms with Crippen molar-refractivity contribution in [2.75, 3.05) is 26.3 Å². The minimum absolute atomic E-state index is 0.0204. The van der Waals surface area contributed by atoms with Gasteiger partial charge in [-0.25, -0.2) is 0 Å². The summed E-state index contributed by atoms with van der Waals surface area (Å²) < 4.78 is 7.22. The first kappa shape index (κ1) is 14.0. The average molecular weight is 267 g/mol. The number of aromatic nitrogens is 2. The Morgan fingerprint density at radius 3 is 3.00 bits per heavy atom. The number of carboxylic acid groups (broad SMARTS) is 1. The molecule has 0 amide bonds. The first-order chi connectivity index (χ1) is 9.22. The van der Waals surface area contributed by atoms with E-state index in [0.717, 1.165) is 26.1 Å². The molecule has 6 nitrogen and oxygen atoms in total. The predicted molar refractivity (Wildman–Crippen MR) is 69.8 cm³/mol. The molecule has 0 spiro atoms. The first-order valence-electron chi connectivity index (χ1n) is 6.74. The molecule has 2 heterocycles. The Morgan fingerprint density at radius 1 is 1.53 bits per heavy atom. The van der Waals surface area contributed by atoms with Crippen LogP contribution in [0, 0.1) is 5.92 Å². The monoisotopic (exact) mass is 267 g/mol. The van der Waals surface area contributed by atoms with Gasteiger partial charge in [0.2, 0.25) is 0 Å². The van der Waals surface area contributed by atoms with E-state index in [0.29, 0.717) is 13.2 Å². The van der Waals surface area contributed by atoms with Crippen molar-refractivity contribution >= 4 is 5.97 Å². The van der Waals surface area contributed by atoms with E-state index in [1.807, 2.05) is 16.9 Å². The van der Waals surface area contributed by atoms with Gasteiger partial charge in [0.25, 0.3) is 0 Å². The molecule has 0 bridgehead atoms. The Morgan fingerprint density at radius 2 is 2.37 bits per heavy atom. The molecule has 2 unspecified atom stereocenters. The Balaban J connectivity index is 1.96. The molecule has 1 aliphatic heterocycles. The number of carboxylic acids is 1. The molecule has 1 N–H and O–H groups in total. The number of hydrogen-bond acceptors (Lipinski definition) is 4. The van der Waals surface area contributed by atoms with Crippen molar-refractivity contribution in [3.63, 3.8) is 0 Å². The highest BCUT2D eigenvalue weighted by Crippen LogP contribution is 2.20. The van der Waals surface area contributed by atoms with E-state index in [2.05, 4.69) is 16.9 Å². The van der Waals surface area contributed by atoms with E-state index >= 15 is 0 Å². The van der Waals surface area contributed by atoms with Crippen LogP contribution in [0.2, 0.25) is 0 Å². The molecule has 1 fully saturated rings. The largest absolute Gasteiger partial charge is 0.481 e. The molecule has 106 valence electrons. The molecule has 2 rings (SSSR count). The van der Waals surface area contributed by atoms with Gasteiger partial charge >= 0.3 is 5.97 Å². The molecule has 1 aliphatic rings. The molecule has 0 aliphatic carbocycles. The Hall–Kier alpha value is -1.40. The van der Waals surface area contributed by atoms with Gasteiger partial charge in [0, 0.05) is 25.0 Å². The summed E-state index contributed by atoms with van der Waals surface area (Å²) in [5, 5.41) is 13.4. The van der Waals surface area contributed by atoms with Crippen LogP contribution in [0.25, 0.3) is 0 Å². The maximum absolute atomic E-state index is 11.2. The Bertz CT molecular complexity index is 394. The summed E-state index contributed by atoms with van der Waals surface area (Å²) in [5.74, 6) is -1.17. The number of nitrogens with zero attached hydrogens (tertiary/aromatic N) is 3. The van der Waals surface area contributed by atoms with E-state index < -0.39 is 11.9 Å². The van der Waals surface area contributed by atoms with Crippen molar-refractivity contribution in [1.29, 1.82) is 0 Å². The second-order valence-corrected chi connectivity index (χ2v) is 4.85. The topological polar surface area (TPSA) is 67.6 Å². The van der Waals surface area contributed by atoms with E-state index in [1.54, 1.807) is 6.20 Å². The second kappa shape index (κ2) is 6.68. The van der Waals surface area contributed by atoms with Gasteiger partial charge in [-0.1, -0.05) is 6.92 Å². The Labute approximate surface area is 113 Å². The number of rotatable bonds is 7. The van der Waals surface area contributed by atoms with E-state index in [9.17, 15) is 9.90 Å². The van der Waals surface area contributed by atoms with Gasteiger partial charge in [0.1, 0.15) is 0 Å². The zero-order valence-electron chi connectivity index (χ0n) is 11.2. The van der Waals surface area contributed by atoms with Crippen molar-refractivity contribution in [1.82, 2.24) is 14.7 Å². The molecule has 0 aromatic carbocycles. The molecule has 1 saturated heterocycles. The lowest BCUT2D eigenvalue weighted by molar-refractivity contribution is -0.143. The molecule has 19 heavy (non-hydrogen) atoms. The van der Waals surface area contributed by atoms with Gasteiger partial charge in [0.15, 0.2) is 0 Å². The smallest absolute Gasteiger partial charge is 0.310 e. The summed E-state index contributed by atoms with van der Waals surface area (Å²) in [4.78, 5) is 13.4. The summed E-state index contributed by atoms with van der Waals surface area (Å²) >= 11 is 0. The molecule has 0 saturated carbocycles. The maximum Gasteiger partial charge on any atom is 0.310 e. The summed E-state index contributed by atoms with van der Waals surface area (Å²) in [7, 11) is 0. The number of ether oxygens (including phenoxy) is 1. The van der Waals surface area contributed by atoms with Gasteiger partial charge in [-0.2, -0.15) is 5.10 Å². The zero-order valence-corrected chi connectivity index (χ0v) is 11.2. The van der Waals surface area contributed by atoms with Crippen LogP contribution in [0.5, 0.6) is 0 Å². The Kier molecular flexibility index (Phi) is 4.93. The highest BCUT2D eigenvalue weighted by molar-refractivity contribution is 5.71. The predicted octanol–water partition coefficient (Wildman–Crippen LogP) is 0.695. The highest BCUT2D eigenvalue weighted by Gasteiger charge is 2.37. The lowest BCUT2D eigenvalue weighted by Gasteiger charge is -2.29. The van der Waals surface area contributed by atoms with Crippen LogP contribution < -0.4 is 0 Å². The molecular formula is C13H21N3O3. The van der Waals surface area contributed by atoms with E-state index in [-0.39, 0.29) is 6.04 Å². The van der Waals surface area contributed by atoms with Gasteiger partial charge in [0.05, 0.1) is 25.7 Å². The lowest BCUT2D eigenvalue weighted by Crippen LogP contribution is -2.45. The first-order valence-corrected chi connectivity index (χ1v) is 6.74. The fraction of sp³-hybridized carbons (Fsp3) is 0.692. The maximum atomic E-state index is 11.2. The van der Waals surface area contributed by atoms with Crippen molar-refractivity contribution in [3.05, 3.63) is 18.5 Å². The van der Waals surface area contributed by atoms with Crippen LogP contribution in [-0.2, 0) is 16.1 Å². The summed E-state index contributed by atoms with van der Waals surface area (Å²) in [5.41, 5.74) is 0. The molecular weight excluding hydrogens is 246 g/mol. The fourth-order valence-corrected chi connectivity index (χ4v) is 2.53. The van der Waals surface area contributed by atoms with Crippen LogP contribution in [0.4, 0.5) is 0 Å². The fourth-order valence-electron chi connectivity index (χ4n) is 2.53. The molecule has 2 atom stereocenters. The third-order valence-electron chi connectivity index (χ3n) is 3.52. The third kappa shape index (κ3) is 3.54. The number of hydrogen-bond donors (Lipinski definition) is 1. The summed E-state index contributed by atoms with van der Waals surface area (Å²) in [6, 6.07) is 1.87. The molecule has 0 radical (unpaired) electrons. The lowest BCUT2D eigenvalue weighted by atomic mass is 10.0. The van der Waals surface area contributed by atoms with Gasteiger partial charge < -0.3 is 9.84 Å². The standard InChI is InChI=1S/C13H21N3O3/c1-2-5-15(7-8-16-6-3-4-14-16)12-10-19-9-11(12)13(17)18/h3-4,6,11-12H,2,5,7-10H2,1H3,(H,17,18). The number of carbonyl (C=O) groups is 1. The minimum Gasteiger partial charge on any atom is -0.481 e. The van der Waals surface area contributed by atoms with Crippen molar-refractivity contribution in [2.24, 2.45) is 5.92 Å². The van der Waals surface area contributed by atoms with Crippen molar-refractivity contribution in [2.45, 2.75) is 25.9 Å². The van der Waals surface area contributed by atoms with Crippen LogP contribution in [-0.4, -0.2) is 58.1 Å². The van der Waals surface area contributed by atoms with Crippen LogP contribution in [0.1, 0.15) is 13.3 Å². The quantitative estimate of drug-likeness (QED) is 0.787.